The summed E-state index contributed by atoms with van der Waals surface area (Å²) < 4.78 is 0. The summed E-state index contributed by atoms with van der Waals surface area (Å²) in [6.07, 6.45) is 2.27. The zero-order valence-electron chi connectivity index (χ0n) is 19.1. The average Bonchev–Trinajstić information content (AvgIpc) is 2.67. The van der Waals surface area contributed by atoms with E-state index in [-0.39, 0.29) is 40.5 Å². The highest BCUT2D eigenvalue weighted by Gasteiger charge is 2.33. The largest absolute Gasteiger partial charge is 0.508 e. The molecule has 0 atom stereocenters. The molecule has 0 heterocycles. The number of hydrogen-bond acceptors (Lipinski definition) is 4. The van der Waals surface area contributed by atoms with Crippen LogP contribution in [0.4, 0.5) is 0 Å². The Kier molecular flexibility index (Phi) is 5.79. The van der Waals surface area contributed by atoms with Gasteiger partial charge in [-0.3, -0.25) is 14.4 Å². The molecule has 1 aliphatic carbocycles. The molecule has 31 heavy (non-hydrogen) atoms. The lowest BCUT2D eigenvalue weighted by Crippen LogP contribution is -2.28. The number of allylic oxidation sites excluding steroid dienone is 2. The third-order valence-electron chi connectivity index (χ3n) is 6.27. The standard InChI is InChI=1S/C27H30O4/c1-16(28)27(5,6)22-15-21(26(2,3)4)18(14-24(22)30)13-23(29)20-12-11-17-9-7-8-10-19(17)25(20)31/h7-10,12,14-15,30H,11,13H2,1-6H3. The summed E-state index contributed by atoms with van der Waals surface area (Å²) in [5, 5.41) is 10.7. The Morgan fingerprint density at radius 2 is 1.65 bits per heavy atom. The van der Waals surface area contributed by atoms with Crippen molar-refractivity contribution in [3.63, 3.8) is 0 Å². The first kappa shape index (κ1) is 22.7. The maximum absolute atomic E-state index is 13.1. The van der Waals surface area contributed by atoms with Gasteiger partial charge in [0, 0.05) is 17.5 Å². The summed E-state index contributed by atoms with van der Waals surface area (Å²) >= 11 is 0. The van der Waals surface area contributed by atoms with Crippen molar-refractivity contribution < 1.29 is 19.5 Å². The van der Waals surface area contributed by atoms with Crippen LogP contribution < -0.4 is 0 Å². The quantitative estimate of drug-likeness (QED) is 0.691. The first-order valence-corrected chi connectivity index (χ1v) is 10.6. The molecule has 0 aromatic heterocycles. The lowest BCUT2D eigenvalue weighted by atomic mass is 9.74. The third kappa shape index (κ3) is 4.25. The van der Waals surface area contributed by atoms with Gasteiger partial charge < -0.3 is 5.11 Å². The van der Waals surface area contributed by atoms with Crippen LogP contribution in [-0.4, -0.2) is 22.5 Å². The Hall–Kier alpha value is -3.01. The monoisotopic (exact) mass is 418 g/mol. The van der Waals surface area contributed by atoms with Crippen LogP contribution in [0.5, 0.6) is 5.75 Å². The summed E-state index contributed by atoms with van der Waals surface area (Å²) in [5.74, 6) is -0.570. The maximum atomic E-state index is 13.1. The van der Waals surface area contributed by atoms with Crippen molar-refractivity contribution in [3.8, 4) is 5.75 Å². The number of phenols is 1. The number of fused-ring (bicyclic) bond motifs is 1. The molecule has 4 heteroatoms. The Morgan fingerprint density at radius 1 is 1.00 bits per heavy atom. The molecule has 0 saturated carbocycles. The molecule has 0 aliphatic heterocycles. The zero-order valence-corrected chi connectivity index (χ0v) is 19.1. The van der Waals surface area contributed by atoms with Gasteiger partial charge in [-0.25, -0.2) is 0 Å². The second-order valence-corrected chi connectivity index (χ2v) is 9.87. The van der Waals surface area contributed by atoms with Crippen molar-refractivity contribution in [1.29, 1.82) is 0 Å². The van der Waals surface area contributed by atoms with E-state index in [2.05, 4.69) is 0 Å². The van der Waals surface area contributed by atoms with Gasteiger partial charge in [0.1, 0.15) is 11.5 Å². The van der Waals surface area contributed by atoms with E-state index in [1.165, 1.54) is 6.92 Å². The van der Waals surface area contributed by atoms with Crippen LogP contribution in [0, 0.1) is 0 Å². The van der Waals surface area contributed by atoms with E-state index in [1.807, 2.05) is 39.0 Å². The van der Waals surface area contributed by atoms with E-state index in [1.54, 1.807) is 38.1 Å². The van der Waals surface area contributed by atoms with Crippen molar-refractivity contribution in [3.05, 3.63) is 75.9 Å². The minimum atomic E-state index is -0.849. The third-order valence-corrected chi connectivity index (χ3v) is 6.27. The molecule has 1 N–H and O–H groups in total. The number of carbonyl (C=O) groups is 3. The lowest BCUT2D eigenvalue weighted by molar-refractivity contribution is -0.121. The van der Waals surface area contributed by atoms with E-state index >= 15 is 0 Å². The SMILES string of the molecule is CC(=O)C(C)(C)c1cc(C(C)(C)C)c(CC(=O)C2=CCc3ccccc3C2=O)cc1O. The average molecular weight is 419 g/mol. The van der Waals surface area contributed by atoms with Crippen LogP contribution in [-0.2, 0) is 33.3 Å². The minimum absolute atomic E-state index is 0.00899. The van der Waals surface area contributed by atoms with Gasteiger partial charge >= 0.3 is 0 Å². The number of Topliss-reactive ketones (excluding diaryl/α,β-unsaturated/α-hetero) is 3. The second kappa shape index (κ2) is 7.92. The first-order valence-electron chi connectivity index (χ1n) is 10.6. The van der Waals surface area contributed by atoms with Crippen molar-refractivity contribution in [2.45, 2.75) is 65.2 Å². The Morgan fingerprint density at radius 3 is 2.26 bits per heavy atom. The van der Waals surface area contributed by atoms with E-state index in [0.29, 0.717) is 23.1 Å². The molecule has 0 bridgehead atoms. The fourth-order valence-electron chi connectivity index (χ4n) is 4.04. The molecule has 162 valence electrons. The van der Waals surface area contributed by atoms with E-state index in [9.17, 15) is 19.5 Å². The highest BCUT2D eigenvalue weighted by molar-refractivity contribution is 6.27. The van der Waals surface area contributed by atoms with Crippen LogP contribution in [0.2, 0.25) is 0 Å². The molecule has 1 aliphatic rings. The molecule has 0 amide bonds. The molecule has 0 saturated heterocycles. The highest BCUT2D eigenvalue weighted by atomic mass is 16.3. The van der Waals surface area contributed by atoms with Gasteiger partial charge in [0.05, 0.1) is 11.0 Å². The van der Waals surface area contributed by atoms with Gasteiger partial charge in [0.15, 0.2) is 11.6 Å². The summed E-state index contributed by atoms with van der Waals surface area (Å²) in [5.41, 5.74) is 2.63. The highest BCUT2D eigenvalue weighted by Crippen LogP contribution is 2.38. The van der Waals surface area contributed by atoms with E-state index in [4.69, 9.17) is 0 Å². The predicted molar refractivity (Wildman–Crippen MR) is 122 cm³/mol. The topological polar surface area (TPSA) is 71.4 Å². The Balaban J connectivity index is 2.01. The van der Waals surface area contributed by atoms with Crippen molar-refractivity contribution in [2.24, 2.45) is 0 Å². The molecule has 0 unspecified atom stereocenters. The maximum Gasteiger partial charge on any atom is 0.196 e. The number of hydrogen-bond donors (Lipinski definition) is 1. The smallest absolute Gasteiger partial charge is 0.196 e. The number of phenolic OH excluding ortho intramolecular Hbond substituents is 1. The summed E-state index contributed by atoms with van der Waals surface area (Å²) in [6, 6.07) is 10.8. The Bertz CT molecular complexity index is 1110. The molecular formula is C27H30O4. The first-order chi connectivity index (χ1) is 14.3. The van der Waals surface area contributed by atoms with E-state index in [0.717, 1.165) is 11.1 Å². The molecular weight excluding hydrogens is 388 g/mol. The van der Waals surface area contributed by atoms with Gasteiger partial charge in [0.25, 0.3) is 0 Å². The van der Waals surface area contributed by atoms with Crippen LogP contribution in [0.3, 0.4) is 0 Å². The number of ketones is 3. The normalized spacial score (nSPS) is 14.1. The van der Waals surface area contributed by atoms with Gasteiger partial charge in [0.2, 0.25) is 0 Å². The summed E-state index contributed by atoms with van der Waals surface area (Å²) in [6.45, 7) is 11.2. The zero-order chi connectivity index (χ0) is 23.1. The number of carbonyl (C=O) groups excluding carboxylic acids is 3. The fourth-order valence-corrected chi connectivity index (χ4v) is 4.04. The van der Waals surface area contributed by atoms with Crippen LogP contribution >= 0.6 is 0 Å². The van der Waals surface area contributed by atoms with Crippen LogP contribution in [0.1, 0.15) is 74.2 Å². The van der Waals surface area contributed by atoms with Gasteiger partial charge in [-0.05, 0) is 55.4 Å². The van der Waals surface area contributed by atoms with Crippen molar-refractivity contribution in [2.75, 3.05) is 0 Å². The second-order valence-electron chi connectivity index (χ2n) is 9.87. The summed E-state index contributed by atoms with van der Waals surface area (Å²) in [7, 11) is 0. The molecule has 4 nitrogen and oxygen atoms in total. The van der Waals surface area contributed by atoms with Crippen LogP contribution in [0.25, 0.3) is 0 Å². The fraction of sp³-hybridized carbons (Fsp3) is 0.370. The molecule has 2 aromatic carbocycles. The minimum Gasteiger partial charge on any atom is -0.508 e. The molecule has 0 fully saturated rings. The number of benzene rings is 2. The molecule has 0 radical (unpaired) electrons. The van der Waals surface area contributed by atoms with Crippen LogP contribution in [0.15, 0.2) is 48.0 Å². The summed E-state index contributed by atoms with van der Waals surface area (Å²) in [4.78, 5) is 38.2. The lowest BCUT2D eigenvalue weighted by Gasteiger charge is -2.29. The molecule has 3 rings (SSSR count). The van der Waals surface area contributed by atoms with Gasteiger partial charge in [-0.2, -0.15) is 0 Å². The van der Waals surface area contributed by atoms with Gasteiger partial charge in [-0.1, -0.05) is 57.2 Å². The molecule has 0 spiro atoms. The van der Waals surface area contributed by atoms with Gasteiger partial charge in [-0.15, -0.1) is 0 Å². The van der Waals surface area contributed by atoms with E-state index < -0.39 is 5.41 Å². The number of rotatable bonds is 5. The predicted octanol–water partition coefficient (Wildman–Crippen LogP) is 5.03. The van der Waals surface area contributed by atoms with Crippen molar-refractivity contribution in [1.82, 2.24) is 0 Å². The number of aromatic hydroxyl groups is 1. The molecule has 2 aromatic rings. The van der Waals surface area contributed by atoms with Crippen molar-refractivity contribution >= 4 is 17.3 Å². The Labute approximate surface area is 184 Å².